The number of hydrogen-bond acceptors (Lipinski definition) is 2. The van der Waals surface area contributed by atoms with Crippen molar-refractivity contribution >= 4 is 0 Å². The minimum absolute atomic E-state index is 0.250. The van der Waals surface area contributed by atoms with E-state index in [1.54, 1.807) is 23.1 Å². The van der Waals surface area contributed by atoms with Crippen LogP contribution in [0.2, 0.25) is 0 Å². The molecule has 0 atom stereocenters. The second-order valence-electron chi connectivity index (χ2n) is 5.13. The molecule has 0 saturated heterocycles. The van der Waals surface area contributed by atoms with E-state index in [2.05, 4.69) is 28.5 Å². The van der Waals surface area contributed by atoms with Crippen molar-refractivity contribution in [1.82, 2.24) is 19.3 Å². The van der Waals surface area contributed by atoms with Crippen LogP contribution in [0, 0.1) is 12.4 Å². The maximum atomic E-state index is 13.3. The predicted molar refractivity (Wildman–Crippen MR) is 79.0 cm³/mol. The van der Waals surface area contributed by atoms with Gasteiger partial charge in [-0.05, 0) is 31.5 Å². The monoisotopic (exact) mass is 283 g/mol. The minimum Gasteiger partial charge on any atom is -0.331 e. The second-order valence-corrected chi connectivity index (χ2v) is 5.13. The van der Waals surface area contributed by atoms with Crippen LogP contribution in [0.5, 0.6) is 0 Å². The molecule has 3 rings (SSSR count). The Morgan fingerprint density at radius 2 is 2.10 bits per heavy atom. The molecule has 0 aliphatic rings. The van der Waals surface area contributed by atoms with Crippen LogP contribution in [0.15, 0.2) is 49.1 Å². The summed E-state index contributed by atoms with van der Waals surface area (Å²) in [6.45, 7) is 6.05. The lowest BCUT2D eigenvalue weighted by atomic mass is 10.1. The van der Waals surface area contributed by atoms with Gasteiger partial charge in [-0.3, -0.25) is 4.68 Å². The highest BCUT2D eigenvalue weighted by atomic mass is 19.1. The highest BCUT2D eigenvalue weighted by molar-refractivity contribution is 5.61. The molecule has 1 radical (unpaired) electrons. The molecular formula is C16H16FN4. The van der Waals surface area contributed by atoms with Gasteiger partial charge in [0.15, 0.2) is 0 Å². The Hall–Kier alpha value is -2.43. The molecule has 0 spiro atoms. The standard InChI is InChI=1S/C16H16FN4/c1-12(2)21-7-6-18-16(21)11-20-10-14(9-19-20)13-4-3-5-15(17)8-13/h3-12H,1-2H3. The lowest BCUT2D eigenvalue weighted by Crippen LogP contribution is -2.08. The molecule has 2 aromatic heterocycles. The topological polar surface area (TPSA) is 35.6 Å². The maximum absolute atomic E-state index is 13.3. The number of nitrogens with zero attached hydrogens (tertiary/aromatic N) is 4. The van der Waals surface area contributed by atoms with E-state index in [1.165, 1.54) is 12.1 Å². The number of benzene rings is 1. The van der Waals surface area contributed by atoms with E-state index in [-0.39, 0.29) is 5.82 Å². The zero-order valence-electron chi connectivity index (χ0n) is 11.9. The molecule has 0 unspecified atom stereocenters. The molecule has 0 N–H and O–H groups in total. The lowest BCUT2D eigenvalue weighted by molar-refractivity contribution is 0.576. The van der Waals surface area contributed by atoms with Crippen molar-refractivity contribution in [2.24, 2.45) is 0 Å². The quantitative estimate of drug-likeness (QED) is 0.734. The van der Waals surface area contributed by atoms with Gasteiger partial charge >= 0.3 is 0 Å². The van der Waals surface area contributed by atoms with Gasteiger partial charge in [-0.1, -0.05) is 12.1 Å². The summed E-state index contributed by atoms with van der Waals surface area (Å²) in [5.41, 5.74) is 1.68. The van der Waals surface area contributed by atoms with Gasteiger partial charge in [0.25, 0.3) is 0 Å². The van der Waals surface area contributed by atoms with E-state index >= 15 is 0 Å². The van der Waals surface area contributed by atoms with Crippen molar-refractivity contribution < 1.29 is 4.39 Å². The summed E-state index contributed by atoms with van der Waals surface area (Å²) in [5, 5.41) is 4.28. The average molecular weight is 283 g/mol. The Bertz CT molecular complexity index is 742. The Kier molecular flexibility index (Phi) is 3.56. The summed E-state index contributed by atoms with van der Waals surface area (Å²) in [6.07, 6.45) is 7.28. The van der Waals surface area contributed by atoms with Crippen molar-refractivity contribution in [1.29, 1.82) is 0 Å². The Labute approximate surface area is 122 Å². The van der Waals surface area contributed by atoms with Crippen molar-refractivity contribution in [2.75, 3.05) is 0 Å². The largest absolute Gasteiger partial charge is 0.331 e. The Morgan fingerprint density at radius 1 is 1.24 bits per heavy atom. The molecule has 0 fully saturated rings. The van der Waals surface area contributed by atoms with Gasteiger partial charge in [0, 0.05) is 30.2 Å². The number of imidazole rings is 1. The number of halogens is 1. The third kappa shape index (κ3) is 2.86. The van der Waals surface area contributed by atoms with Gasteiger partial charge in [0.2, 0.25) is 0 Å². The fourth-order valence-electron chi connectivity index (χ4n) is 2.21. The molecule has 1 aromatic carbocycles. The van der Waals surface area contributed by atoms with Crippen LogP contribution in [-0.4, -0.2) is 19.3 Å². The second kappa shape index (κ2) is 5.52. The van der Waals surface area contributed by atoms with Crippen LogP contribution in [0.4, 0.5) is 4.39 Å². The van der Waals surface area contributed by atoms with Crippen LogP contribution in [-0.2, 0) is 0 Å². The van der Waals surface area contributed by atoms with Crippen molar-refractivity contribution in [3.63, 3.8) is 0 Å². The smallest absolute Gasteiger partial charge is 0.139 e. The van der Waals surface area contributed by atoms with Crippen LogP contribution < -0.4 is 0 Å². The van der Waals surface area contributed by atoms with Crippen LogP contribution in [0.3, 0.4) is 0 Å². The van der Waals surface area contributed by atoms with Gasteiger partial charge in [0.05, 0.1) is 6.20 Å². The summed E-state index contributed by atoms with van der Waals surface area (Å²) in [6, 6.07) is 6.81. The van der Waals surface area contributed by atoms with E-state index < -0.39 is 0 Å². The first kappa shape index (κ1) is 13.5. The van der Waals surface area contributed by atoms with Crippen LogP contribution >= 0.6 is 0 Å². The predicted octanol–water partition coefficient (Wildman–Crippen LogP) is 3.52. The molecule has 0 amide bonds. The summed E-state index contributed by atoms with van der Waals surface area (Å²) in [5.74, 6) is 0.582. The average Bonchev–Trinajstić information content (AvgIpc) is 3.08. The van der Waals surface area contributed by atoms with Gasteiger partial charge in [-0.2, -0.15) is 5.10 Å². The highest BCUT2D eigenvalue weighted by Gasteiger charge is 2.09. The van der Waals surface area contributed by atoms with Crippen LogP contribution in [0.25, 0.3) is 11.1 Å². The molecule has 0 aliphatic heterocycles. The molecule has 3 aromatic rings. The summed E-state index contributed by atoms with van der Waals surface area (Å²) in [7, 11) is 0. The van der Waals surface area contributed by atoms with Gasteiger partial charge < -0.3 is 4.57 Å². The first-order valence-electron chi connectivity index (χ1n) is 6.81. The third-order valence-corrected chi connectivity index (χ3v) is 3.26. The molecule has 0 saturated carbocycles. The van der Waals surface area contributed by atoms with E-state index in [4.69, 9.17) is 0 Å². The Balaban J connectivity index is 1.84. The number of hydrogen-bond donors (Lipinski definition) is 0. The molecule has 4 nitrogen and oxygen atoms in total. The number of rotatable bonds is 4. The fraction of sp³-hybridized carbons (Fsp3) is 0.188. The molecule has 5 heteroatoms. The normalized spacial score (nSPS) is 11.2. The summed E-state index contributed by atoms with van der Waals surface area (Å²) in [4.78, 5) is 4.32. The minimum atomic E-state index is -0.250. The SMILES string of the molecule is CC(C)n1ccnc1[CH]n1cc(-c2cccc(F)c2)cn1. The maximum Gasteiger partial charge on any atom is 0.139 e. The summed E-state index contributed by atoms with van der Waals surface area (Å²) < 4.78 is 17.0. The van der Waals surface area contributed by atoms with Gasteiger partial charge in [-0.15, -0.1) is 0 Å². The van der Waals surface area contributed by atoms with E-state index in [0.29, 0.717) is 6.04 Å². The van der Waals surface area contributed by atoms with E-state index in [9.17, 15) is 4.39 Å². The molecule has 107 valence electrons. The fourth-order valence-corrected chi connectivity index (χ4v) is 2.21. The number of aromatic nitrogens is 4. The first-order valence-corrected chi connectivity index (χ1v) is 6.81. The zero-order valence-corrected chi connectivity index (χ0v) is 11.9. The molecule has 21 heavy (non-hydrogen) atoms. The van der Waals surface area contributed by atoms with Gasteiger partial charge in [0.1, 0.15) is 18.2 Å². The lowest BCUT2D eigenvalue weighted by Gasteiger charge is -2.10. The zero-order chi connectivity index (χ0) is 14.8. The molecule has 0 aliphatic carbocycles. The van der Waals surface area contributed by atoms with Crippen molar-refractivity contribution in [3.8, 4) is 11.1 Å². The van der Waals surface area contributed by atoms with Gasteiger partial charge in [-0.25, -0.2) is 9.37 Å². The summed E-state index contributed by atoms with van der Waals surface area (Å²) >= 11 is 0. The molecular weight excluding hydrogens is 267 g/mol. The highest BCUT2D eigenvalue weighted by Crippen LogP contribution is 2.20. The van der Waals surface area contributed by atoms with E-state index in [0.717, 1.165) is 17.0 Å². The van der Waals surface area contributed by atoms with Crippen molar-refractivity contribution in [3.05, 3.63) is 67.2 Å². The van der Waals surface area contributed by atoms with Crippen molar-refractivity contribution in [2.45, 2.75) is 19.9 Å². The Morgan fingerprint density at radius 3 is 2.86 bits per heavy atom. The molecule has 2 heterocycles. The molecule has 0 bridgehead atoms. The van der Waals surface area contributed by atoms with E-state index in [1.807, 2.05) is 25.0 Å². The van der Waals surface area contributed by atoms with Crippen LogP contribution in [0.1, 0.15) is 25.7 Å². The first-order chi connectivity index (χ1) is 10.1. The third-order valence-electron chi connectivity index (χ3n) is 3.26.